The molecule has 2 heterocycles. The van der Waals surface area contributed by atoms with Crippen molar-refractivity contribution in [2.24, 2.45) is 5.92 Å². The van der Waals surface area contributed by atoms with E-state index < -0.39 is 0 Å². The van der Waals surface area contributed by atoms with Crippen LogP contribution in [-0.2, 0) is 4.74 Å². The molecule has 1 fully saturated rings. The van der Waals surface area contributed by atoms with E-state index in [-0.39, 0.29) is 0 Å². The molecule has 1 N–H and O–H groups in total. The van der Waals surface area contributed by atoms with E-state index in [1.807, 2.05) is 14.0 Å². The van der Waals surface area contributed by atoms with Gasteiger partial charge < -0.3 is 15.0 Å². The van der Waals surface area contributed by atoms with E-state index >= 15 is 0 Å². The standard InChI is InChI=1S/C14H21Cl2N3O/c1-3-17-13-11(15)8-12(16)14(18-13)19(2)9-10-4-6-20-7-5-10/h8,10H,3-7,9H2,1-2H3,(H,17,18). The second kappa shape index (κ2) is 7.34. The highest BCUT2D eigenvalue weighted by Crippen LogP contribution is 2.31. The van der Waals surface area contributed by atoms with Gasteiger partial charge in [-0.2, -0.15) is 0 Å². The second-order valence-corrected chi connectivity index (χ2v) is 5.91. The molecule has 0 atom stereocenters. The number of rotatable bonds is 5. The summed E-state index contributed by atoms with van der Waals surface area (Å²) >= 11 is 12.4. The maximum absolute atomic E-state index is 6.27. The molecule has 0 aromatic carbocycles. The van der Waals surface area contributed by atoms with E-state index in [1.54, 1.807) is 6.07 Å². The zero-order valence-electron chi connectivity index (χ0n) is 12.0. The lowest BCUT2D eigenvalue weighted by atomic mass is 10.00. The van der Waals surface area contributed by atoms with Gasteiger partial charge in [0.2, 0.25) is 0 Å². The molecule has 0 radical (unpaired) electrons. The highest BCUT2D eigenvalue weighted by Gasteiger charge is 2.19. The minimum Gasteiger partial charge on any atom is -0.381 e. The van der Waals surface area contributed by atoms with Crippen molar-refractivity contribution in [2.75, 3.05) is 43.6 Å². The Bertz CT molecular complexity index is 450. The molecule has 20 heavy (non-hydrogen) atoms. The molecule has 1 saturated heterocycles. The molecule has 0 spiro atoms. The lowest BCUT2D eigenvalue weighted by Gasteiger charge is -2.28. The van der Waals surface area contributed by atoms with Crippen LogP contribution in [0.25, 0.3) is 0 Å². The zero-order valence-corrected chi connectivity index (χ0v) is 13.5. The highest BCUT2D eigenvalue weighted by atomic mass is 35.5. The van der Waals surface area contributed by atoms with Gasteiger partial charge in [0, 0.05) is 33.4 Å². The summed E-state index contributed by atoms with van der Waals surface area (Å²) in [6.45, 7) is 5.42. The monoisotopic (exact) mass is 317 g/mol. The van der Waals surface area contributed by atoms with Crippen LogP contribution in [0.1, 0.15) is 19.8 Å². The zero-order chi connectivity index (χ0) is 14.5. The molecule has 0 saturated carbocycles. The van der Waals surface area contributed by atoms with Crippen molar-refractivity contribution in [2.45, 2.75) is 19.8 Å². The van der Waals surface area contributed by atoms with Crippen LogP contribution in [0, 0.1) is 5.92 Å². The third-order valence-electron chi connectivity index (χ3n) is 3.49. The first-order chi connectivity index (χ1) is 9.61. The van der Waals surface area contributed by atoms with Gasteiger partial charge in [-0.3, -0.25) is 0 Å². The first kappa shape index (κ1) is 15.7. The molecule has 112 valence electrons. The maximum Gasteiger partial charge on any atom is 0.149 e. The van der Waals surface area contributed by atoms with E-state index in [1.165, 1.54) is 0 Å². The van der Waals surface area contributed by atoms with Crippen LogP contribution in [0.2, 0.25) is 10.0 Å². The van der Waals surface area contributed by atoms with Crippen LogP contribution < -0.4 is 10.2 Å². The number of nitrogens with one attached hydrogen (secondary N) is 1. The number of hydrogen-bond acceptors (Lipinski definition) is 4. The van der Waals surface area contributed by atoms with Crippen molar-refractivity contribution >= 4 is 34.8 Å². The van der Waals surface area contributed by atoms with Gasteiger partial charge in [0.05, 0.1) is 10.0 Å². The van der Waals surface area contributed by atoms with E-state index in [4.69, 9.17) is 27.9 Å². The Balaban J connectivity index is 2.11. The molecule has 6 heteroatoms. The predicted molar refractivity (Wildman–Crippen MR) is 85.2 cm³/mol. The normalized spacial score (nSPS) is 16.2. The number of anilines is 2. The molecule has 1 aliphatic heterocycles. The minimum absolute atomic E-state index is 0.556. The summed E-state index contributed by atoms with van der Waals surface area (Å²) in [6.07, 6.45) is 2.19. The Morgan fingerprint density at radius 1 is 1.35 bits per heavy atom. The SMILES string of the molecule is CCNc1nc(N(C)CC2CCOCC2)c(Cl)cc1Cl. The molecule has 0 bridgehead atoms. The van der Waals surface area contributed by atoms with Crippen molar-refractivity contribution < 1.29 is 4.74 Å². The molecule has 0 amide bonds. The number of ether oxygens (including phenoxy) is 1. The van der Waals surface area contributed by atoms with E-state index in [0.717, 1.165) is 45.0 Å². The second-order valence-electron chi connectivity index (χ2n) is 5.09. The van der Waals surface area contributed by atoms with Gasteiger partial charge in [0.1, 0.15) is 11.6 Å². The predicted octanol–water partition coefficient (Wildman–Crippen LogP) is 3.68. The number of hydrogen-bond donors (Lipinski definition) is 1. The quantitative estimate of drug-likeness (QED) is 0.898. The average Bonchev–Trinajstić information content (AvgIpc) is 2.43. The van der Waals surface area contributed by atoms with Crippen molar-refractivity contribution in [1.29, 1.82) is 0 Å². The fourth-order valence-electron chi connectivity index (χ4n) is 2.42. The van der Waals surface area contributed by atoms with Crippen LogP contribution in [-0.4, -0.2) is 38.3 Å². The molecule has 0 aliphatic carbocycles. The first-order valence-corrected chi connectivity index (χ1v) is 7.76. The summed E-state index contributed by atoms with van der Waals surface area (Å²) in [6, 6.07) is 1.75. The number of halogens is 2. The maximum atomic E-state index is 6.27. The molecular formula is C14H21Cl2N3O. The van der Waals surface area contributed by atoms with Crippen LogP contribution in [0.15, 0.2) is 6.07 Å². The molecule has 1 aromatic heterocycles. The van der Waals surface area contributed by atoms with E-state index in [2.05, 4.69) is 15.2 Å². The molecule has 2 rings (SSSR count). The summed E-state index contributed by atoms with van der Waals surface area (Å²) in [5.74, 6) is 2.09. The molecule has 1 aliphatic rings. The summed E-state index contributed by atoms with van der Waals surface area (Å²) in [5.41, 5.74) is 0. The van der Waals surface area contributed by atoms with Crippen LogP contribution in [0.5, 0.6) is 0 Å². The summed E-state index contributed by atoms with van der Waals surface area (Å²) in [7, 11) is 2.02. The Labute approximate surface area is 130 Å². The van der Waals surface area contributed by atoms with E-state index in [0.29, 0.717) is 21.8 Å². The minimum atomic E-state index is 0.556. The topological polar surface area (TPSA) is 37.4 Å². The van der Waals surface area contributed by atoms with Gasteiger partial charge in [-0.25, -0.2) is 4.98 Å². The van der Waals surface area contributed by atoms with Gasteiger partial charge in [0.15, 0.2) is 0 Å². The number of nitrogens with zero attached hydrogens (tertiary/aromatic N) is 2. The number of pyridine rings is 1. The van der Waals surface area contributed by atoms with Crippen molar-refractivity contribution in [1.82, 2.24) is 4.98 Å². The Kier molecular flexibility index (Phi) is 5.75. The van der Waals surface area contributed by atoms with Gasteiger partial charge in [0.25, 0.3) is 0 Å². The van der Waals surface area contributed by atoms with Crippen LogP contribution in [0.4, 0.5) is 11.6 Å². The fraction of sp³-hybridized carbons (Fsp3) is 0.643. The highest BCUT2D eigenvalue weighted by molar-refractivity contribution is 6.37. The summed E-state index contributed by atoms with van der Waals surface area (Å²) in [5, 5.41) is 4.30. The third kappa shape index (κ3) is 3.90. The number of aromatic nitrogens is 1. The fourth-order valence-corrected chi connectivity index (χ4v) is 2.99. The smallest absolute Gasteiger partial charge is 0.149 e. The van der Waals surface area contributed by atoms with Crippen molar-refractivity contribution in [3.63, 3.8) is 0 Å². The Morgan fingerprint density at radius 3 is 2.70 bits per heavy atom. The van der Waals surface area contributed by atoms with Gasteiger partial charge in [-0.05, 0) is 31.7 Å². The summed E-state index contributed by atoms with van der Waals surface area (Å²) in [4.78, 5) is 6.65. The van der Waals surface area contributed by atoms with Crippen molar-refractivity contribution in [3.05, 3.63) is 16.1 Å². The Morgan fingerprint density at radius 2 is 2.05 bits per heavy atom. The third-order valence-corrected chi connectivity index (χ3v) is 4.06. The Hall–Kier alpha value is -0.710. The largest absolute Gasteiger partial charge is 0.381 e. The van der Waals surface area contributed by atoms with Crippen molar-refractivity contribution in [3.8, 4) is 0 Å². The van der Waals surface area contributed by atoms with Crippen LogP contribution in [0.3, 0.4) is 0 Å². The van der Waals surface area contributed by atoms with E-state index in [9.17, 15) is 0 Å². The lowest BCUT2D eigenvalue weighted by Crippen LogP contribution is -2.30. The first-order valence-electron chi connectivity index (χ1n) is 7.00. The van der Waals surface area contributed by atoms with Crippen LogP contribution >= 0.6 is 23.2 Å². The average molecular weight is 318 g/mol. The molecule has 4 nitrogen and oxygen atoms in total. The molecular weight excluding hydrogens is 297 g/mol. The van der Waals surface area contributed by atoms with Gasteiger partial charge in [-0.1, -0.05) is 23.2 Å². The lowest BCUT2D eigenvalue weighted by molar-refractivity contribution is 0.0685. The van der Waals surface area contributed by atoms with Gasteiger partial charge >= 0.3 is 0 Å². The summed E-state index contributed by atoms with van der Waals surface area (Å²) < 4.78 is 5.39. The van der Waals surface area contributed by atoms with Gasteiger partial charge in [-0.15, -0.1) is 0 Å². The molecule has 1 aromatic rings. The molecule has 0 unspecified atom stereocenters.